The Hall–Kier alpha value is -2.94. The van der Waals surface area contributed by atoms with E-state index < -0.39 is 0 Å². The molecule has 2 N–H and O–H groups in total. The van der Waals surface area contributed by atoms with E-state index >= 15 is 0 Å². The normalized spacial score (nSPS) is 38.6. The highest BCUT2D eigenvalue weighted by Crippen LogP contribution is 2.52. The first-order valence-corrected chi connectivity index (χ1v) is 25.1. The van der Waals surface area contributed by atoms with Crippen LogP contribution in [-0.4, -0.2) is 25.7 Å². The largest absolute Gasteiger partial charge is 0.310 e. The summed E-state index contributed by atoms with van der Waals surface area (Å²) in [6.45, 7) is 8.36. The van der Waals surface area contributed by atoms with Crippen LogP contribution in [0, 0.1) is 65.1 Å². The molecule has 1 heterocycles. The van der Waals surface area contributed by atoms with Crippen molar-refractivity contribution in [3.05, 3.63) is 130 Å². The van der Waals surface area contributed by atoms with Crippen molar-refractivity contribution in [3.63, 3.8) is 0 Å². The first kappa shape index (κ1) is 40.2. The monoisotopic (exact) mass is 789 g/mol. The maximum Gasteiger partial charge on any atom is 0.0208 e. The second-order valence-electron chi connectivity index (χ2n) is 21.1. The Labute approximate surface area is 359 Å². The Morgan fingerprint density at radius 2 is 1.69 bits per heavy atom. The van der Waals surface area contributed by atoms with Gasteiger partial charge in [-0.3, -0.25) is 0 Å². The van der Waals surface area contributed by atoms with E-state index in [0.717, 1.165) is 49.2 Å². The zero-order valence-corrected chi connectivity index (χ0v) is 36.9. The van der Waals surface area contributed by atoms with Crippen LogP contribution >= 0.6 is 0 Å². The fourth-order valence-electron chi connectivity index (χ4n) is 14.9. The average Bonchev–Trinajstić information content (AvgIpc) is 3.84. The molecule has 2 nitrogen and oxygen atoms in total. The number of hydrogen-bond donors (Lipinski definition) is 2. The van der Waals surface area contributed by atoms with Gasteiger partial charge < -0.3 is 10.6 Å². The summed E-state index contributed by atoms with van der Waals surface area (Å²) in [5.41, 5.74) is 13.6. The highest BCUT2D eigenvalue weighted by atomic mass is 14.9. The summed E-state index contributed by atoms with van der Waals surface area (Å²) < 4.78 is 0. The molecule has 12 atom stereocenters. The number of allylic oxidation sites excluding steroid dienone is 18. The van der Waals surface area contributed by atoms with E-state index in [-0.39, 0.29) is 0 Å². The third-order valence-electron chi connectivity index (χ3n) is 17.9. The minimum Gasteiger partial charge on any atom is -0.310 e. The van der Waals surface area contributed by atoms with E-state index in [0.29, 0.717) is 41.5 Å². The molecule has 2 saturated carbocycles. The SMILES string of the molecule is CC(C/C=C(\CNC1CCCC2CCCCC21)C1CC=C(C2=CCNC2)C2C=CC=CC21)C1CCC(C2=CCC(C3=C4C=CC=CC4CCC3)CC2)=C2C=CCC(C)C21. The van der Waals surface area contributed by atoms with Gasteiger partial charge in [-0.25, -0.2) is 0 Å². The lowest BCUT2D eigenvalue weighted by Gasteiger charge is -2.44. The van der Waals surface area contributed by atoms with Gasteiger partial charge in [-0.2, -0.15) is 0 Å². The third-order valence-corrected chi connectivity index (χ3v) is 17.9. The van der Waals surface area contributed by atoms with Crippen LogP contribution < -0.4 is 10.6 Å². The second kappa shape index (κ2) is 18.2. The minimum absolute atomic E-state index is 0.505. The molecule has 0 spiro atoms. The summed E-state index contributed by atoms with van der Waals surface area (Å²) in [6.07, 6.45) is 59.4. The lowest BCUT2D eigenvalue weighted by Crippen LogP contribution is -2.45. The van der Waals surface area contributed by atoms with Gasteiger partial charge in [-0.05, 0) is 170 Å². The van der Waals surface area contributed by atoms with E-state index in [9.17, 15) is 0 Å². The molecule has 0 amide bonds. The van der Waals surface area contributed by atoms with E-state index in [2.05, 4.69) is 110 Å². The van der Waals surface area contributed by atoms with Crippen molar-refractivity contribution in [2.45, 2.75) is 135 Å². The third kappa shape index (κ3) is 8.25. The van der Waals surface area contributed by atoms with Crippen molar-refractivity contribution in [2.75, 3.05) is 19.6 Å². The summed E-state index contributed by atoms with van der Waals surface area (Å²) in [5.74, 6) is 7.83. The summed E-state index contributed by atoms with van der Waals surface area (Å²) in [4.78, 5) is 0. The first-order chi connectivity index (χ1) is 29.1. The smallest absolute Gasteiger partial charge is 0.0208 e. The standard InChI is InChI=1S/C57H76N2/c1-38(46-30-31-49(55-22-9-12-39(2)57(46)55)43-28-26-42(27-29-43)48-21-10-15-40-13-3-5-17-47(40)48)24-25-44(37-59-56-23-11-16-41-14-4-6-18-52(41)56)50-32-33-51(45-34-35-58-36-45)54-20-8-7-19-53(50)54/h3,5,7-9,13,17,19-20,22,25,28,33-34,38-42,46,50,52-54,56-59H,4,6,10-12,14-16,18,21,23-24,26-27,29-32,35-37H2,1-2H3/b44-25+. The van der Waals surface area contributed by atoms with E-state index in [4.69, 9.17) is 0 Å². The molecule has 0 aromatic heterocycles. The van der Waals surface area contributed by atoms with Crippen molar-refractivity contribution < 1.29 is 0 Å². The van der Waals surface area contributed by atoms with Crippen LogP contribution in [0.1, 0.15) is 129 Å². The molecule has 0 aromatic carbocycles. The zero-order chi connectivity index (χ0) is 39.7. The Bertz CT molecular complexity index is 1910. The van der Waals surface area contributed by atoms with Crippen molar-refractivity contribution >= 4 is 0 Å². The maximum absolute atomic E-state index is 4.33. The second-order valence-corrected chi connectivity index (χ2v) is 21.1. The van der Waals surface area contributed by atoms with Crippen molar-refractivity contribution in [1.29, 1.82) is 0 Å². The average molecular weight is 789 g/mol. The molecule has 0 saturated heterocycles. The van der Waals surface area contributed by atoms with Gasteiger partial charge in [0.1, 0.15) is 0 Å². The lowest BCUT2D eigenvalue weighted by molar-refractivity contribution is 0.127. The van der Waals surface area contributed by atoms with Gasteiger partial charge in [0.15, 0.2) is 0 Å². The summed E-state index contributed by atoms with van der Waals surface area (Å²) in [7, 11) is 0. The Kier molecular flexibility index (Phi) is 12.4. The van der Waals surface area contributed by atoms with Crippen molar-refractivity contribution in [1.82, 2.24) is 10.6 Å². The van der Waals surface area contributed by atoms with E-state index in [1.54, 1.807) is 44.6 Å². The Morgan fingerprint density at radius 1 is 0.797 bits per heavy atom. The predicted octanol–water partition coefficient (Wildman–Crippen LogP) is 13.6. The maximum atomic E-state index is 4.33. The summed E-state index contributed by atoms with van der Waals surface area (Å²) in [5, 5.41) is 7.93. The topological polar surface area (TPSA) is 24.1 Å². The summed E-state index contributed by atoms with van der Waals surface area (Å²) >= 11 is 0. The van der Waals surface area contributed by atoms with Crippen molar-refractivity contribution in [3.8, 4) is 0 Å². The van der Waals surface area contributed by atoms with Gasteiger partial charge in [0.05, 0.1) is 0 Å². The molecule has 314 valence electrons. The zero-order valence-electron chi connectivity index (χ0n) is 36.9. The van der Waals surface area contributed by atoms with E-state index in [1.165, 1.54) is 116 Å². The highest BCUT2D eigenvalue weighted by molar-refractivity contribution is 5.47. The van der Waals surface area contributed by atoms with Gasteiger partial charge in [-0.1, -0.05) is 142 Å². The van der Waals surface area contributed by atoms with Crippen LogP contribution in [0.15, 0.2) is 130 Å². The van der Waals surface area contributed by atoms with Crippen LogP contribution in [0.25, 0.3) is 0 Å². The van der Waals surface area contributed by atoms with Gasteiger partial charge in [0.25, 0.3) is 0 Å². The van der Waals surface area contributed by atoms with Gasteiger partial charge >= 0.3 is 0 Å². The molecule has 12 unspecified atom stereocenters. The number of rotatable bonds is 10. The van der Waals surface area contributed by atoms with Crippen LogP contribution in [0.4, 0.5) is 0 Å². The molecule has 0 radical (unpaired) electrons. The number of hydrogen-bond acceptors (Lipinski definition) is 2. The molecular formula is C57H76N2. The van der Waals surface area contributed by atoms with Crippen LogP contribution in [0.3, 0.4) is 0 Å². The predicted molar refractivity (Wildman–Crippen MR) is 250 cm³/mol. The van der Waals surface area contributed by atoms with Crippen LogP contribution in [0.2, 0.25) is 0 Å². The molecular weight excluding hydrogens is 713 g/mol. The first-order valence-electron chi connectivity index (χ1n) is 25.1. The molecule has 9 aliphatic carbocycles. The number of fused-ring (bicyclic) bond motifs is 4. The molecule has 1 aliphatic heterocycles. The highest BCUT2D eigenvalue weighted by Gasteiger charge is 2.41. The van der Waals surface area contributed by atoms with Crippen molar-refractivity contribution in [2.24, 2.45) is 65.1 Å². The van der Waals surface area contributed by atoms with Crippen LogP contribution in [0.5, 0.6) is 0 Å². The molecule has 59 heavy (non-hydrogen) atoms. The molecule has 2 heteroatoms. The number of nitrogens with one attached hydrogen (secondary N) is 2. The molecule has 0 bridgehead atoms. The Balaban J connectivity index is 0.888. The lowest BCUT2D eigenvalue weighted by atomic mass is 9.61. The molecule has 0 aromatic rings. The molecule has 10 rings (SSSR count). The van der Waals surface area contributed by atoms with Gasteiger partial charge in [-0.15, -0.1) is 0 Å². The molecule has 10 aliphatic rings. The fraction of sp³-hybridized carbons (Fsp3) is 0.614. The van der Waals surface area contributed by atoms with Gasteiger partial charge in [0, 0.05) is 37.5 Å². The van der Waals surface area contributed by atoms with Crippen LogP contribution in [-0.2, 0) is 0 Å². The minimum atomic E-state index is 0.505. The fourth-order valence-corrected chi connectivity index (χ4v) is 14.9. The summed E-state index contributed by atoms with van der Waals surface area (Å²) in [6, 6.07) is 0.707. The van der Waals surface area contributed by atoms with E-state index in [1.807, 2.05) is 0 Å². The quantitative estimate of drug-likeness (QED) is 0.216. The van der Waals surface area contributed by atoms with Gasteiger partial charge in [0.2, 0.25) is 0 Å². The molecule has 2 fully saturated rings. The Morgan fingerprint density at radius 3 is 2.59 bits per heavy atom.